The largest absolute Gasteiger partial charge is 0.496 e. The number of methoxy groups -OCH3 is 1. The zero-order chi connectivity index (χ0) is 19.5. The van der Waals surface area contributed by atoms with Crippen LogP contribution in [-0.4, -0.2) is 49.0 Å². The van der Waals surface area contributed by atoms with Crippen LogP contribution >= 0.6 is 12.4 Å². The summed E-state index contributed by atoms with van der Waals surface area (Å²) < 4.78 is 11.6. The van der Waals surface area contributed by atoms with Crippen LogP contribution in [0.25, 0.3) is 22.1 Å². The van der Waals surface area contributed by atoms with Gasteiger partial charge in [0.05, 0.1) is 13.7 Å². The molecule has 0 spiro atoms. The molecule has 0 unspecified atom stereocenters. The third-order valence-electron chi connectivity index (χ3n) is 5.40. The van der Waals surface area contributed by atoms with Gasteiger partial charge in [0.2, 0.25) is 5.91 Å². The first-order chi connectivity index (χ1) is 13.6. The summed E-state index contributed by atoms with van der Waals surface area (Å²) >= 11 is 0. The van der Waals surface area contributed by atoms with E-state index in [4.69, 9.17) is 9.15 Å². The second-order valence-electron chi connectivity index (χ2n) is 7.30. The predicted octanol–water partition coefficient (Wildman–Crippen LogP) is 4.58. The second kappa shape index (κ2) is 9.33. The highest BCUT2D eigenvalue weighted by atomic mass is 35.5. The van der Waals surface area contributed by atoms with Crippen molar-refractivity contribution in [3.8, 4) is 16.9 Å². The lowest BCUT2D eigenvalue weighted by molar-refractivity contribution is -0.128. The number of furan rings is 1. The molecular weight excluding hydrogens is 388 g/mol. The fourth-order valence-electron chi connectivity index (χ4n) is 3.89. The molecule has 154 valence electrons. The van der Waals surface area contributed by atoms with Crippen LogP contribution in [0.1, 0.15) is 19.1 Å². The van der Waals surface area contributed by atoms with Gasteiger partial charge in [-0.3, -0.25) is 9.69 Å². The van der Waals surface area contributed by atoms with E-state index in [0.29, 0.717) is 0 Å². The lowest BCUT2D eigenvalue weighted by atomic mass is 10.0. The van der Waals surface area contributed by atoms with E-state index in [1.165, 1.54) is 0 Å². The highest BCUT2D eigenvalue weighted by Crippen LogP contribution is 2.32. The zero-order valence-electron chi connectivity index (χ0n) is 16.9. The molecule has 0 bridgehead atoms. The average molecular weight is 415 g/mol. The van der Waals surface area contributed by atoms with Crippen LogP contribution in [0, 0.1) is 0 Å². The SMILES string of the molecule is COc1ccccc1-c1ccc2oc(CN3CCCN(C(C)=O)CC3)cc2c1.Cl. The molecule has 0 aliphatic carbocycles. The molecule has 0 N–H and O–H groups in total. The van der Waals surface area contributed by atoms with Gasteiger partial charge in [-0.15, -0.1) is 12.4 Å². The van der Waals surface area contributed by atoms with Gasteiger partial charge >= 0.3 is 0 Å². The number of ether oxygens (including phenoxy) is 1. The zero-order valence-corrected chi connectivity index (χ0v) is 17.7. The van der Waals surface area contributed by atoms with Crippen molar-refractivity contribution in [2.24, 2.45) is 0 Å². The Hall–Kier alpha value is -2.50. The average Bonchev–Trinajstić information content (AvgIpc) is 2.95. The number of para-hydroxylation sites is 1. The summed E-state index contributed by atoms with van der Waals surface area (Å²) in [6.07, 6.45) is 0.998. The molecule has 0 saturated carbocycles. The van der Waals surface area contributed by atoms with Gasteiger partial charge in [-0.2, -0.15) is 0 Å². The van der Waals surface area contributed by atoms with Crippen LogP contribution in [0.3, 0.4) is 0 Å². The number of amides is 1. The first-order valence-corrected chi connectivity index (χ1v) is 9.78. The number of benzene rings is 2. The van der Waals surface area contributed by atoms with Crippen LogP contribution in [-0.2, 0) is 11.3 Å². The summed E-state index contributed by atoms with van der Waals surface area (Å²) in [6.45, 7) is 5.90. The molecule has 4 rings (SSSR count). The van der Waals surface area contributed by atoms with Crippen molar-refractivity contribution < 1.29 is 13.9 Å². The maximum absolute atomic E-state index is 11.6. The minimum Gasteiger partial charge on any atom is -0.496 e. The molecule has 1 fully saturated rings. The molecule has 1 aliphatic rings. The highest BCUT2D eigenvalue weighted by Gasteiger charge is 2.18. The molecule has 6 heteroatoms. The van der Waals surface area contributed by atoms with Crippen molar-refractivity contribution in [3.05, 3.63) is 54.3 Å². The van der Waals surface area contributed by atoms with Crippen LogP contribution in [0.4, 0.5) is 0 Å². The Balaban J connectivity index is 0.00000240. The van der Waals surface area contributed by atoms with Gasteiger partial charge in [-0.1, -0.05) is 24.3 Å². The number of fused-ring (bicyclic) bond motifs is 1. The topological polar surface area (TPSA) is 45.9 Å². The Morgan fingerprint density at radius 2 is 1.90 bits per heavy atom. The van der Waals surface area contributed by atoms with E-state index in [-0.39, 0.29) is 18.3 Å². The highest BCUT2D eigenvalue weighted by molar-refractivity contribution is 5.86. The molecule has 1 saturated heterocycles. The molecule has 1 aromatic heterocycles. The van der Waals surface area contributed by atoms with E-state index < -0.39 is 0 Å². The quantitative estimate of drug-likeness (QED) is 0.626. The van der Waals surface area contributed by atoms with Crippen molar-refractivity contribution in [2.45, 2.75) is 19.9 Å². The van der Waals surface area contributed by atoms with Crippen LogP contribution in [0.15, 0.2) is 52.9 Å². The van der Waals surface area contributed by atoms with E-state index in [1.807, 2.05) is 29.2 Å². The van der Waals surface area contributed by atoms with E-state index in [9.17, 15) is 4.79 Å². The first kappa shape index (κ1) is 21.2. The molecule has 29 heavy (non-hydrogen) atoms. The second-order valence-corrected chi connectivity index (χ2v) is 7.30. The van der Waals surface area contributed by atoms with Crippen molar-refractivity contribution in [2.75, 3.05) is 33.3 Å². The Kier molecular flexibility index (Phi) is 6.83. The minimum atomic E-state index is 0. The van der Waals surface area contributed by atoms with Gasteiger partial charge < -0.3 is 14.1 Å². The molecule has 1 aliphatic heterocycles. The summed E-state index contributed by atoms with van der Waals surface area (Å²) in [4.78, 5) is 15.9. The van der Waals surface area contributed by atoms with Crippen LogP contribution in [0.2, 0.25) is 0 Å². The summed E-state index contributed by atoms with van der Waals surface area (Å²) in [5.41, 5.74) is 3.09. The fourth-order valence-corrected chi connectivity index (χ4v) is 3.89. The Morgan fingerprint density at radius 3 is 2.69 bits per heavy atom. The molecule has 2 aromatic carbocycles. The molecule has 1 amide bonds. The number of hydrogen-bond donors (Lipinski definition) is 0. The lowest BCUT2D eigenvalue weighted by Gasteiger charge is -2.20. The maximum atomic E-state index is 11.6. The van der Waals surface area contributed by atoms with Gasteiger partial charge in [-0.05, 0) is 36.2 Å². The fraction of sp³-hybridized carbons (Fsp3) is 0.348. The Labute approximate surface area is 177 Å². The smallest absolute Gasteiger partial charge is 0.219 e. The van der Waals surface area contributed by atoms with E-state index in [2.05, 4.69) is 29.2 Å². The van der Waals surface area contributed by atoms with E-state index in [0.717, 1.165) is 72.8 Å². The van der Waals surface area contributed by atoms with Gasteiger partial charge in [0.1, 0.15) is 17.1 Å². The van der Waals surface area contributed by atoms with Crippen LogP contribution in [0.5, 0.6) is 5.75 Å². The van der Waals surface area contributed by atoms with Gasteiger partial charge in [0, 0.05) is 44.1 Å². The normalized spacial score (nSPS) is 15.0. The molecule has 3 aromatic rings. The van der Waals surface area contributed by atoms with Crippen LogP contribution < -0.4 is 4.74 Å². The van der Waals surface area contributed by atoms with E-state index in [1.54, 1.807) is 14.0 Å². The number of carbonyl (C=O) groups excluding carboxylic acids is 1. The predicted molar refractivity (Wildman–Crippen MR) is 118 cm³/mol. The van der Waals surface area contributed by atoms with Gasteiger partial charge in [-0.25, -0.2) is 0 Å². The summed E-state index contributed by atoms with van der Waals surface area (Å²) in [7, 11) is 1.70. The Morgan fingerprint density at radius 1 is 1.07 bits per heavy atom. The van der Waals surface area contributed by atoms with E-state index >= 15 is 0 Å². The maximum Gasteiger partial charge on any atom is 0.219 e. The Bertz CT molecular complexity index is 985. The molecule has 5 nitrogen and oxygen atoms in total. The monoisotopic (exact) mass is 414 g/mol. The number of nitrogens with zero attached hydrogens (tertiary/aromatic N) is 2. The molecule has 0 atom stereocenters. The van der Waals surface area contributed by atoms with Crippen molar-refractivity contribution in [3.63, 3.8) is 0 Å². The first-order valence-electron chi connectivity index (χ1n) is 9.78. The molecule has 0 radical (unpaired) electrons. The standard InChI is InChI=1S/C23H26N2O3.ClH/c1-17(26)25-11-5-10-24(12-13-25)16-20-15-19-14-18(8-9-22(19)28-20)21-6-3-4-7-23(21)27-2;/h3-4,6-9,14-15H,5,10-13,16H2,1-2H3;1H. The number of rotatable bonds is 4. The minimum absolute atomic E-state index is 0. The number of hydrogen-bond acceptors (Lipinski definition) is 4. The third-order valence-corrected chi connectivity index (χ3v) is 5.40. The van der Waals surface area contributed by atoms with Gasteiger partial charge in [0.15, 0.2) is 0 Å². The third kappa shape index (κ3) is 4.74. The summed E-state index contributed by atoms with van der Waals surface area (Å²) in [5.74, 6) is 1.99. The van der Waals surface area contributed by atoms with Crippen molar-refractivity contribution >= 4 is 29.3 Å². The number of carbonyl (C=O) groups is 1. The van der Waals surface area contributed by atoms with Gasteiger partial charge in [0.25, 0.3) is 0 Å². The molecule has 2 heterocycles. The lowest BCUT2D eigenvalue weighted by Crippen LogP contribution is -2.33. The molecular formula is C23H27ClN2O3. The van der Waals surface area contributed by atoms with Crippen molar-refractivity contribution in [1.29, 1.82) is 0 Å². The summed E-state index contributed by atoms with van der Waals surface area (Å²) in [6, 6.07) is 16.4. The summed E-state index contributed by atoms with van der Waals surface area (Å²) in [5, 5.41) is 1.10. The van der Waals surface area contributed by atoms with Crippen molar-refractivity contribution in [1.82, 2.24) is 9.80 Å². The number of halogens is 1.